The minimum Gasteiger partial charge on any atom is -0.354 e. The summed E-state index contributed by atoms with van der Waals surface area (Å²) in [6.45, 7) is 10.0. The highest BCUT2D eigenvalue weighted by Crippen LogP contribution is 2.53. The van der Waals surface area contributed by atoms with Gasteiger partial charge >= 0.3 is 7.82 Å². The molecule has 2 unspecified atom stereocenters. The van der Waals surface area contributed by atoms with Crippen molar-refractivity contribution in [1.29, 1.82) is 0 Å². The normalized spacial score (nSPS) is 26.1. The predicted molar refractivity (Wildman–Crippen MR) is 253 cm³/mol. The Morgan fingerprint density at radius 3 is 1.49 bits per heavy atom. The lowest BCUT2D eigenvalue weighted by Gasteiger charge is -2.44. The Hall–Kier alpha value is -3.01. The molecule has 8 rings (SSSR count). The predicted octanol–water partition coefficient (Wildman–Crippen LogP) is 9.52. The van der Waals surface area contributed by atoms with E-state index in [1.165, 1.54) is 9.79 Å². The molecule has 340 valence electrons. The number of Topliss-reactive ketones (excluding diaryl/α,β-unsaturated/α-hetero) is 2. The first-order valence-electron chi connectivity index (χ1n) is 23.1. The molecule has 0 bridgehead atoms. The van der Waals surface area contributed by atoms with Crippen LogP contribution in [0, 0.1) is 10.8 Å². The Morgan fingerprint density at radius 1 is 0.698 bits per heavy atom. The van der Waals surface area contributed by atoms with Crippen LogP contribution in [0.1, 0.15) is 78.1 Å². The van der Waals surface area contributed by atoms with Crippen LogP contribution in [-0.4, -0.2) is 115 Å². The number of hydroxylamine groups is 6. The summed E-state index contributed by atoms with van der Waals surface area (Å²) in [5, 5.41) is 7.22. The summed E-state index contributed by atoms with van der Waals surface area (Å²) in [7, 11) is -0.503. The van der Waals surface area contributed by atoms with Gasteiger partial charge in [0.2, 0.25) is 0 Å². The molecule has 4 aliphatic heterocycles. The van der Waals surface area contributed by atoms with Gasteiger partial charge in [-0.25, -0.2) is 4.57 Å². The number of allylic oxidation sites excluding steroid dienone is 4. The number of hydrogen-bond donors (Lipinski definition) is 3. The van der Waals surface area contributed by atoms with E-state index in [2.05, 4.69) is 96.9 Å². The summed E-state index contributed by atoms with van der Waals surface area (Å²) in [6, 6.07) is 16.5. The second kappa shape index (κ2) is 19.5. The van der Waals surface area contributed by atoms with Crippen molar-refractivity contribution in [3.63, 3.8) is 0 Å². The summed E-state index contributed by atoms with van der Waals surface area (Å²) in [4.78, 5) is 49.1. The second-order valence-corrected chi connectivity index (χ2v) is 22.1. The molecule has 0 amide bonds. The molecule has 0 spiro atoms. The molecule has 63 heavy (non-hydrogen) atoms. The van der Waals surface area contributed by atoms with Crippen LogP contribution in [0.15, 0.2) is 104 Å². The van der Waals surface area contributed by atoms with E-state index in [-0.39, 0.29) is 20.9 Å². The van der Waals surface area contributed by atoms with Gasteiger partial charge in [-0.3, -0.25) is 24.3 Å². The van der Waals surface area contributed by atoms with E-state index < -0.39 is 18.7 Å². The molecule has 2 aromatic rings. The lowest BCUT2D eigenvalue weighted by molar-refractivity contribution is -1.11. The number of quaternary nitrogens is 2. The zero-order valence-corrected chi connectivity index (χ0v) is 40.1. The lowest BCUT2D eigenvalue weighted by Crippen LogP contribution is -2.61. The maximum absolute atomic E-state index is 14.6. The van der Waals surface area contributed by atoms with Crippen LogP contribution in [0.5, 0.6) is 0 Å². The molecule has 6 aliphatic rings. The minimum absolute atomic E-state index is 0.000216. The monoisotopic (exact) mass is 918 g/mol. The molecule has 2 aromatic carbocycles. The van der Waals surface area contributed by atoms with Gasteiger partial charge in [0.15, 0.2) is 0 Å². The van der Waals surface area contributed by atoms with Crippen molar-refractivity contribution in [2.75, 3.05) is 90.2 Å². The van der Waals surface area contributed by atoms with Crippen molar-refractivity contribution in [1.82, 2.24) is 9.80 Å². The third-order valence-corrected chi connectivity index (χ3v) is 17.5. The van der Waals surface area contributed by atoms with E-state index in [4.69, 9.17) is 9.25 Å². The van der Waals surface area contributed by atoms with Crippen LogP contribution in [0.25, 0.3) is 0 Å². The Morgan fingerprint density at radius 2 is 1.10 bits per heavy atom. The number of benzene rings is 2. The Bertz CT molecular complexity index is 2070. The van der Waals surface area contributed by atoms with Gasteiger partial charge < -0.3 is 10.6 Å². The minimum atomic E-state index is -4.63. The van der Waals surface area contributed by atoms with Gasteiger partial charge in [0.05, 0.1) is 48.4 Å². The molecule has 12 nitrogen and oxygen atoms in total. The first kappa shape index (κ1) is 46.5. The van der Waals surface area contributed by atoms with Gasteiger partial charge in [-0.2, -0.15) is 9.29 Å². The van der Waals surface area contributed by atoms with Gasteiger partial charge in [0, 0.05) is 56.7 Å². The third-order valence-electron chi connectivity index (χ3n) is 14.0. The number of nitrogens with zero attached hydrogens (tertiary/aromatic N) is 4. The van der Waals surface area contributed by atoms with Crippen LogP contribution in [-0.2, 0) is 23.4 Å². The van der Waals surface area contributed by atoms with Gasteiger partial charge in [0.25, 0.3) is 0 Å². The summed E-state index contributed by atoms with van der Waals surface area (Å²) in [5.41, 5.74) is 2.74. The number of thioether (sulfide) groups is 2. The highest BCUT2D eigenvalue weighted by molar-refractivity contribution is 8.03. The molecule has 3 N–H and O–H groups in total. The van der Waals surface area contributed by atoms with Crippen molar-refractivity contribution in [2.24, 2.45) is 10.8 Å². The van der Waals surface area contributed by atoms with Crippen LogP contribution >= 0.6 is 31.3 Å². The SMILES string of the molecule is CCCC(=O)C1(CCC[N+]2(OP(=O)(O)O[N+]3(CCCC4(C(=O)CCC)C=C5Nc6ccccc6SC5=CC4)CCN(C)CC3)CCN(C)CC2)C=C2Nc3ccccc3SC2=CC1. The number of fused-ring (bicyclic) bond motifs is 4. The third kappa shape index (κ3) is 10.5. The number of carbonyl (C=O) groups is 2. The van der Waals surface area contributed by atoms with Gasteiger partial charge in [-0.05, 0) is 89.0 Å². The fraction of sp³-hybridized carbons (Fsp3) is 0.542. The molecular formula is C48H67N6O6PS2+2. The average Bonchev–Trinajstić information content (AvgIpc) is 3.27. The number of piperazine rings is 2. The summed E-state index contributed by atoms with van der Waals surface area (Å²) < 4.78 is 27.5. The lowest BCUT2D eigenvalue weighted by atomic mass is 9.72. The molecule has 0 radical (unpaired) electrons. The number of phosphoric acid groups is 1. The zero-order chi connectivity index (χ0) is 44.3. The molecule has 2 aliphatic carbocycles. The standard InChI is InChI=1S/C48H66N6O6PS2/c1-5-13-45(55)47(23-19-43-39(35-47)49-37-15-7-9-17-41(37)62-43)21-11-29-53(31-25-51(3)26-32-53)59-61(57,58)60-54(33-27-52(4)28-34-54)30-12-22-48(46(56)14-6-2)24-20-44-40(36-48)50-38-16-8-10-18-42(38)63-44/h7-10,15-20,35-36,49-50H,5-6,11-14,21-34H2,1-4H3/q+1/p+1. The molecule has 2 saturated heterocycles. The number of ketones is 2. The van der Waals surface area contributed by atoms with E-state index in [9.17, 15) is 19.0 Å². The maximum Gasteiger partial charge on any atom is 0.564 e. The first-order valence-corrected chi connectivity index (χ1v) is 26.3. The van der Waals surface area contributed by atoms with Crippen LogP contribution in [0.4, 0.5) is 11.4 Å². The van der Waals surface area contributed by atoms with Crippen molar-refractivity contribution < 1.29 is 37.6 Å². The Balaban J connectivity index is 0.976. The molecule has 0 saturated carbocycles. The van der Waals surface area contributed by atoms with Crippen LogP contribution in [0.2, 0.25) is 0 Å². The topological polar surface area (TPSA) is 120 Å². The van der Waals surface area contributed by atoms with Crippen LogP contribution in [0.3, 0.4) is 0 Å². The smallest absolute Gasteiger partial charge is 0.354 e. The van der Waals surface area contributed by atoms with Crippen molar-refractivity contribution in [2.45, 2.75) is 87.8 Å². The number of hydrogen-bond acceptors (Lipinski definition) is 11. The average molecular weight is 919 g/mol. The fourth-order valence-electron chi connectivity index (χ4n) is 10.2. The van der Waals surface area contributed by atoms with Crippen molar-refractivity contribution in [3.8, 4) is 0 Å². The van der Waals surface area contributed by atoms with Gasteiger partial charge in [0.1, 0.15) is 50.8 Å². The molecule has 15 heteroatoms. The van der Waals surface area contributed by atoms with E-state index in [0.717, 1.165) is 45.4 Å². The number of nitrogens with one attached hydrogen (secondary N) is 2. The number of carbonyl (C=O) groups excluding carboxylic acids is 2. The zero-order valence-electron chi connectivity index (χ0n) is 37.6. The Kier molecular flexibility index (Phi) is 14.4. The first-order chi connectivity index (χ1) is 30.3. The quantitative estimate of drug-likeness (QED) is 0.0976. The molecular weight excluding hydrogens is 852 g/mol. The van der Waals surface area contributed by atoms with Gasteiger partial charge in [-0.1, -0.05) is 83.0 Å². The van der Waals surface area contributed by atoms with E-state index in [1.54, 1.807) is 23.5 Å². The largest absolute Gasteiger partial charge is 0.564 e. The summed E-state index contributed by atoms with van der Waals surface area (Å²) in [5.74, 6) is 0.473. The summed E-state index contributed by atoms with van der Waals surface area (Å²) >= 11 is 3.48. The number of anilines is 2. The molecule has 2 fully saturated rings. The number of rotatable bonds is 18. The van der Waals surface area contributed by atoms with E-state index in [1.807, 2.05) is 24.3 Å². The highest BCUT2D eigenvalue weighted by atomic mass is 32.2. The summed E-state index contributed by atoms with van der Waals surface area (Å²) in [6.07, 6.45) is 15.1. The second-order valence-electron chi connectivity index (χ2n) is 18.7. The highest BCUT2D eigenvalue weighted by Gasteiger charge is 2.50. The molecule has 2 atom stereocenters. The van der Waals surface area contributed by atoms with Crippen molar-refractivity contribution in [3.05, 3.63) is 94.0 Å². The molecule has 0 aromatic heterocycles. The molecule has 4 heterocycles. The van der Waals surface area contributed by atoms with Crippen molar-refractivity contribution >= 4 is 54.3 Å². The Labute approximate surface area is 382 Å². The number of likely N-dealkylation sites (N-methyl/N-ethyl adjacent to an activating group) is 2. The van der Waals surface area contributed by atoms with Crippen LogP contribution < -0.4 is 10.6 Å². The van der Waals surface area contributed by atoms with E-state index >= 15 is 0 Å². The van der Waals surface area contributed by atoms with Gasteiger partial charge in [-0.15, -0.1) is 0 Å². The van der Waals surface area contributed by atoms with E-state index in [0.29, 0.717) is 117 Å². The fourth-order valence-corrected chi connectivity index (χ4v) is 13.5. The number of para-hydroxylation sites is 2. The maximum atomic E-state index is 14.6.